The number of nitrogens with one attached hydrogen (secondary N) is 2. The van der Waals surface area contributed by atoms with Gasteiger partial charge in [-0.1, -0.05) is 17.7 Å². The first-order chi connectivity index (χ1) is 12.9. The first kappa shape index (κ1) is 18.7. The van der Waals surface area contributed by atoms with Crippen molar-refractivity contribution in [3.05, 3.63) is 77.3 Å². The molecule has 0 saturated carbocycles. The van der Waals surface area contributed by atoms with Crippen LogP contribution in [0.5, 0.6) is 0 Å². The first-order valence-corrected chi connectivity index (χ1v) is 9.38. The topological polar surface area (TPSA) is 101 Å². The average Bonchev–Trinajstić information content (AvgIpc) is 2.62. The van der Waals surface area contributed by atoms with Gasteiger partial charge in [-0.2, -0.15) is 0 Å². The molecule has 0 aliphatic rings. The van der Waals surface area contributed by atoms with Crippen LogP contribution in [0.25, 0.3) is 0 Å². The number of amides is 1. The number of carbonyl (C=O) groups is 1. The fraction of sp³-hybridized carbons (Fsp3) is 0. The van der Waals surface area contributed by atoms with E-state index in [1.165, 1.54) is 48.8 Å². The van der Waals surface area contributed by atoms with E-state index in [-0.39, 0.29) is 27.1 Å². The van der Waals surface area contributed by atoms with Gasteiger partial charge in [0.15, 0.2) is 0 Å². The van der Waals surface area contributed by atoms with Crippen molar-refractivity contribution in [1.29, 1.82) is 0 Å². The van der Waals surface area contributed by atoms with Crippen molar-refractivity contribution in [1.82, 2.24) is 9.97 Å². The zero-order valence-corrected chi connectivity index (χ0v) is 15.1. The molecule has 0 radical (unpaired) electrons. The third-order valence-corrected chi connectivity index (χ3v) is 5.06. The molecule has 0 unspecified atom stereocenters. The van der Waals surface area contributed by atoms with Gasteiger partial charge in [0.1, 0.15) is 5.82 Å². The molecule has 0 aliphatic heterocycles. The number of aromatic nitrogens is 2. The highest BCUT2D eigenvalue weighted by Gasteiger charge is 2.18. The van der Waals surface area contributed by atoms with Crippen LogP contribution in [0.2, 0.25) is 5.02 Å². The maximum absolute atomic E-state index is 13.8. The van der Waals surface area contributed by atoms with Crippen molar-refractivity contribution in [2.24, 2.45) is 0 Å². The molecular weight excluding hydrogens is 395 g/mol. The first-order valence-electron chi connectivity index (χ1n) is 7.52. The molecule has 7 nitrogen and oxygen atoms in total. The maximum Gasteiger partial charge on any atom is 0.264 e. The van der Waals surface area contributed by atoms with E-state index in [4.69, 9.17) is 11.6 Å². The van der Waals surface area contributed by atoms with Gasteiger partial charge in [-0.15, -0.1) is 0 Å². The van der Waals surface area contributed by atoms with Crippen molar-refractivity contribution < 1.29 is 17.6 Å². The third kappa shape index (κ3) is 4.39. The molecule has 2 N–H and O–H groups in total. The zero-order valence-electron chi connectivity index (χ0n) is 13.6. The third-order valence-electron chi connectivity index (χ3n) is 3.40. The molecule has 1 heterocycles. The predicted octanol–water partition coefficient (Wildman–Crippen LogP) is 3.32. The minimum Gasteiger partial charge on any atom is -0.322 e. The molecule has 0 saturated heterocycles. The summed E-state index contributed by atoms with van der Waals surface area (Å²) >= 11 is 5.85. The Kier molecular flexibility index (Phi) is 5.33. The molecular formula is C17H12ClFN4O3S. The summed E-state index contributed by atoms with van der Waals surface area (Å²) in [5, 5.41) is 2.44. The minimum atomic E-state index is -3.89. The lowest BCUT2D eigenvalue weighted by Gasteiger charge is -2.09. The number of halogens is 2. The zero-order chi connectivity index (χ0) is 19.4. The Morgan fingerprint density at radius 2 is 1.67 bits per heavy atom. The Labute approximate surface area is 159 Å². The van der Waals surface area contributed by atoms with E-state index in [1.54, 1.807) is 6.07 Å². The highest BCUT2D eigenvalue weighted by atomic mass is 35.5. The molecule has 0 atom stereocenters. The quantitative estimate of drug-likeness (QED) is 0.676. The van der Waals surface area contributed by atoms with E-state index in [9.17, 15) is 17.6 Å². The molecule has 0 fully saturated rings. The van der Waals surface area contributed by atoms with Gasteiger partial charge in [0, 0.05) is 18.1 Å². The number of benzene rings is 2. The summed E-state index contributed by atoms with van der Waals surface area (Å²) in [6.45, 7) is 0. The van der Waals surface area contributed by atoms with Gasteiger partial charge in [-0.25, -0.2) is 27.5 Å². The van der Waals surface area contributed by atoms with Gasteiger partial charge in [-0.05, 0) is 42.5 Å². The lowest BCUT2D eigenvalue weighted by Crippen LogP contribution is -2.16. The minimum absolute atomic E-state index is 0.0289. The normalized spacial score (nSPS) is 11.0. The predicted molar refractivity (Wildman–Crippen MR) is 98.6 cm³/mol. The summed E-state index contributed by atoms with van der Waals surface area (Å²) in [7, 11) is -3.89. The second kappa shape index (κ2) is 7.68. The van der Waals surface area contributed by atoms with Crippen molar-refractivity contribution in [2.45, 2.75) is 4.90 Å². The Morgan fingerprint density at radius 1 is 1.00 bits per heavy atom. The summed E-state index contributed by atoms with van der Waals surface area (Å²) in [5.74, 6) is -1.57. The number of nitrogens with zero attached hydrogens (tertiary/aromatic N) is 2. The second-order valence-electron chi connectivity index (χ2n) is 5.25. The Balaban J connectivity index is 1.76. The highest BCUT2D eigenvalue weighted by molar-refractivity contribution is 7.92. The summed E-state index contributed by atoms with van der Waals surface area (Å²) in [6.07, 6.45) is 2.80. The van der Waals surface area contributed by atoms with E-state index in [0.29, 0.717) is 0 Å². The van der Waals surface area contributed by atoms with Crippen LogP contribution >= 0.6 is 11.6 Å². The van der Waals surface area contributed by atoms with Gasteiger partial charge >= 0.3 is 0 Å². The molecule has 2 aromatic carbocycles. The van der Waals surface area contributed by atoms with Crippen LogP contribution in [0.4, 0.5) is 16.0 Å². The smallest absolute Gasteiger partial charge is 0.264 e. The van der Waals surface area contributed by atoms with Crippen molar-refractivity contribution in [3.8, 4) is 0 Å². The van der Waals surface area contributed by atoms with E-state index >= 15 is 0 Å². The molecule has 138 valence electrons. The van der Waals surface area contributed by atoms with Crippen LogP contribution < -0.4 is 10.0 Å². The van der Waals surface area contributed by atoms with Crippen LogP contribution in [0, 0.1) is 5.82 Å². The molecule has 1 amide bonds. The summed E-state index contributed by atoms with van der Waals surface area (Å²) < 4.78 is 40.6. The number of rotatable bonds is 5. The monoisotopic (exact) mass is 406 g/mol. The number of sulfonamides is 1. The van der Waals surface area contributed by atoms with Gasteiger partial charge in [0.25, 0.3) is 15.9 Å². The van der Waals surface area contributed by atoms with Crippen LogP contribution in [0.1, 0.15) is 10.4 Å². The Hall–Kier alpha value is -3.04. The van der Waals surface area contributed by atoms with Gasteiger partial charge in [-0.3, -0.25) is 4.79 Å². The molecule has 0 bridgehead atoms. The van der Waals surface area contributed by atoms with E-state index < -0.39 is 21.7 Å². The van der Waals surface area contributed by atoms with Crippen molar-refractivity contribution in [2.75, 3.05) is 10.0 Å². The van der Waals surface area contributed by atoms with E-state index in [1.807, 2.05) is 0 Å². The lowest BCUT2D eigenvalue weighted by molar-refractivity contribution is 0.102. The summed E-state index contributed by atoms with van der Waals surface area (Å²) in [4.78, 5) is 19.7. The number of anilines is 2. The molecule has 3 aromatic rings. The largest absolute Gasteiger partial charge is 0.322 e. The molecule has 10 heteroatoms. The number of hydrogen-bond donors (Lipinski definition) is 2. The van der Waals surface area contributed by atoms with Crippen molar-refractivity contribution >= 4 is 39.2 Å². The van der Waals surface area contributed by atoms with Crippen LogP contribution in [0.3, 0.4) is 0 Å². The lowest BCUT2D eigenvalue weighted by atomic mass is 10.2. The molecule has 0 spiro atoms. The maximum atomic E-state index is 13.8. The number of hydrogen-bond acceptors (Lipinski definition) is 5. The molecule has 27 heavy (non-hydrogen) atoms. The SMILES string of the molecule is O=C(Nc1ccc(S(=O)(=O)Nc2ncccn2)cc1)c1c(F)cccc1Cl. The van der Waals surface area contributed by atoms with E-state index in [2.05, 4.69) is 20.0 Å². The highest BCUT2D eigenvalue weighted by Crippen LogP contribution is 2.21. The number of carbonyl (C=O) groups excluding carboxylic acids is 1. The molecule has 1 aromatic heterocycles. The van der Waals surface area contributed by atoms with Crippen LogP contribution in [-0.4, -0.2) is 24.3 Å². The summed E-state index contributed by atoms with van der Waals surface area (Å²) in [5.41, 5.74) is -0.0204. The van der Waals surface area contributed by atoms with E-state index in [0.717, 1.165) is 6.07 Å². The fourth-order valence-corrected chi connectivity index (χ4v) is 3.36. The molecule has 3 rings (SSSR count). The van der Waals surface area contributed by atoms with Gasteiger partial charge in [0.2, 0.25) is 5.95 Å². The average molecular weight is 407 g/mol. The second-order valence-corrected chi connectivity index (χ2v) is 7.34. The molecule has 0 aliphatic carbocycles. The Bertz CT molecular complexity index is 1060. The van der Waals surface area contributed by atoms with Gasteiger partial charge < -0.3 is 5.32 Å². The van der Waals surface area contributed by atoms with Crippen LogP contribution in [0.15, 0.2) is 65.8 Å². The standard InChI is InChI=1S/C17H12ClFN4O3S/c18-13-3-1-4-14(19)15(13)16(24)22-11-5-7-12(8-6-11)27(25,26)23-17-20-9-2-10-21-17/h1-10H,(H,22,24)(H,20,21,23). The summed E-state index contributed by atoms with van der Waals surface area (Å²) in [6, 6.07) is 10.8. The van der Waals surface area contributed by atoms with Crippen LogP contribution in [-0.2, 0) is 10.0 Å². The van der Waals surface area contributed by atoms with Crippen molar-refractivity contribution in [3.63, 3.8) is 0 Å². The fourth-order valence-electron chi connectivity index (χ4n) is 2.16. The Morgan fingerprint density at radius 3 is 2.30 bits per heavy atom. The van der Waals surface area contributed by atoms with Gasteiger partial charge in [0.05, 0.1) is 15.5 Å².